The summed E-state index contributed by atoms with van der Waals surface area (Å²) in [5.74, 6) is -0.243. The Bertz CT molecular complexity index is 454. The zero-order valence-electron chi connectivity index (χ0n) is 12.4. The predicted molar refractivity (Wildman–Crippen MR) is 83.4 cm³/mol. The number of hydrogen-bond donors (Lipinski definition) is 3. The molecule has 5 nitrogen and oxygen atoms in total. The van der Waals surface area contributed by atoms with E-state index in [9.17, 15) is 9.90 Å². The summed E-state index contributed by atoms with van der Waals surface area (Å²) in [5.41, 5.74) is -1.50. The van der Waals surface area contributed by atoms with Crippen molar-refractivity contribution in [2.45, 2.75) is 73.9 Å². The van der Waals surface area contributed by atoms with Crippen LogP contribution >= 0.6 is 22.6 Å². The molecule has 3 aliphatic rings. The van der Waals surface area contributed by atoms with Gasteiger partial charge in [0.1, 0.15) is 17.4 Å². The predicted octanol–water partition coefficient (Wildman–Crippen LogP) is 1.28. The van der Waals surface area contributed by atoms with Gasteiger partial charge in [-0.05, 0) is 31.6 Å². The molecule has 3 atom stereocenters. The van der Waals surface area contributed by atoms with E-state index in [4.69, 9.17) is 4.74 Å². The number of carbonyl (C=O) groups is 1. The van der Waals surface area contributed by atoms with E-state index in [0.717, 1.165) is 12.8 Å². The van der Waals surface area contributed by atoms with Crippen molar-refractivity contribution >= 4 is 28.6 Å². The number of alkyl halides is 1. The van der Waals surface area contributed by atoms with Crippen LogP contribution in [0.4, 0.5) is 0 Å². The van der Waals surface area contributed by atoms with Crippen LogP contribution in [0.3, 0.4) is 0 Å². The van der Waals surface area contributed by atoms with Gasteiger partial charge in [0.25, 0.3) is 0 Å². The average Bonchev–Trinajstić information content (AvgIpc) is 3.11. The first-order valence-electron chi connectivity index (χ1n) is 7.22. The van der Waals surface area contributed by atoms with Gasteiger partial charge in [0, 0.05) is 0 Å². The second-order valence-electron chi connectivity index (χ2n) is 7.49. The first kappa shape index (κ1) is 15.0. The highest BCUT2D eigenvalue weighted by atomic mass is 127. The van der Waals surface area contributed by atoms with Gasteiger partial charge < -0.3 is 9.84 Å². The summed E-state index contributed by atoms with van der Waals surface area (Å²) in [4.78, 5) is 12.5. The van der Waals surface area contributed by atoms with Crippen LogP contribution in [0.2, 0.25) is 0 Å². The van der Waals surface area contributed by atoms with E-state index >= 15 is 0 Å². The molecule has 1 saturated carbocycles. The van der Waals surface area contributed by atoms with Crippen LogP contribution in [0.1, 0.15) is 47.0 Å². The number of hydrogen-bond acceptors (Lipinski definition) is 5. The van der Waals surface area contributed by atoms with Gasteiger partial charge in [0.2, 0.25) is 0 Å². The molecule has 0 aromatic rings. The van der Waals surface area contributed by atoms with E-state index in [-0.39, 0.29) is 23.2 Å². The van der Waals surface area contributed by atoms with Crippen LogP contribution in [0.25, 0.3) is 0 Å². The summed E-state index contributed by atoms with van der Waals surface area (Å²) < 4.78 is 5.09. The van der Waals surface area contributed by atoms with Crippen molar-refractivity contribution in [2.24, 2.45) is 5.41 Å². The van der Waals surface area contributed by atoms with Crippen molar-refractivity contribution < 1.29 is 14.6 Å². The molecule has 2 aliphatic heterocycles. The summed E-state index contributed by atoms with van der Waals surface area (Å²) in [6.07, 6.45) is 2.17. The summed E-state index contributed by atoms with van der Waals surface area (Å²) in [6.45, 7) is 7.89. The van der Waals surface area contributed by atoms with Crippen LogP contribution in [-0.2, 0) is 9.53 Å². The SMILES string of the molecule is CC(C)(C)C1(O)CCCC1OC(=O)C(C)(I)C12NC1N2. The molecule has 3 unspecified atom stereocenters. The lowest BCUT2D eigenvalue weighted by Gasteiger charge is -2.41. The molecule has 0 bridgehead atoms. The monoisotopic (exact) mass is 394 g/mol. The molecule has 2 saturated heterocycles. The Morgan fingerprint density at radius 3 is 2.35 bits per heavy atom. The molecule has 3 N–H and O–H groups in total. The van der Waals surface area contributed by atoms with Crippen LogP contribution in [0, 0.1) is 5.41 Å². The third-order valence-electron chi connectivity index (χ3n) is 5.24. The Morgan fingerprint density at radius 2 is 1.90 bits per heavy atom. The fourth-order valence-electron chi connectivity index (χ4n) is 3.29. The summed E-state index contributed by atoms with van der Waals surface area (Å²) in [5, 5.41) is 17.4. The summed E-state index contributed by atoms with van der Waals surface area (Å²) in [7, 11) is 0. The average molecular weight is 394 g/mol. The lowest BCUT2D eigenvalue weighted by Crippen LogP contribution is -2.54. The van der Waals surface area contributed by atoms with Crippen molar-refractivity contribution in [3.63, 3.8) is 0 Å². The summed E-state index contributed by atoms with van der Waals surface area (Å²) >= 11 is 2.15. The Balaban J connectivity index is 1.73. The maximum atomic E-state index is 12.5. The highest BCUT2D eigenvalue weighted by Crippen LogP contribution is 2.53. The molecule has 6 heteroatoms. The largest absolute Gasteiger partial charge is 0.458 e. The molecule has 3 rings (SSSR count). The fourth-order valence-corrected chi connectivity index (χ4v) is 4.04. The molecular weight excluding hydrogens is 371 g/mol. The Hall–Kier alpha value is 0.0800. The minimum atomic E-state index is -0.930. The molecule has 0 radical (unpaired) electrons. The third-order valence-corrected chi connectivity index (χ3v) is 6.53. The molecule has 2 heterocycles. The summed E-state index contributed by atoms with van der Waals surface area (Å²) in [6, 6.07) is 0. The van der Waals surface area contributed by atoms with Crippen LogP contribution in [-0.4, -0.2) is 38.0 Å². The van der Waals surface area contributed by atoms with Gasteiger partial charge in [-0.15, -0.1) is 0 Å². The minimum Gasteiger partial charge on any atom is -0.458 e. The first-order valence-corrected chi connectivity index (χ1v) is 8.30. The zero-order chi connectivity index (χ0) is 15.0. The number of aliphatic hydroxyl groups is 1. The normalized spacial score (nSPS) is 45.5. The van der Waals surface area contributed by atoms with Crippen LogP contribution in [0.5, 0.6) is 0 Å². The topological polar surface area (TPSA) is 90.4 Å². The maximum absolute atomic E-state index is 12.5. The molecule has 0 aromatic heterocycles. The number of halogens is 1. The molecule has 0 aromatic carbocycles. The Kier molecular flexibility index (Phi) is 3.06. The maximum Gasteiger partial charge on any atom is 0.325 e. The molecule has 0 amide bonds. The Labute approximate surface area is 133 Å². The number of fused-ring (bicyclic) bond motifs is 1. The van der Waals surface area contributed by atoms with E-state index < -0.39 is 15.1 Å². The van der Waals surface area contributed by atoms with Crippen LogP contribution in [0.15, 0.2) is 0 Å². The number of ether oxygens (including phenoxy) is 1. The molecular formula is C14H23IN2O3. The van der Waals surface area contributed by atoms with E-state index in [0.29, 0.717) is 6.42 Å². The zero-order valence-corrected chi connectivity index (χ0v) is 14.6. The lowest BCUT2D eigenvalue weighted by atomic mass is 9.74. The standard InChI is InChI=1S/C14H23IN2O3/c1-11(2,3)13(19)7-5-6-8(13)20-10(18)12(4,15)14-9(16-14)17-14/h8-9,16-17,19H,5-7H2,1-4H3. The quantitative estimate of drug-likeness (QED) is 0.291. The second kappa shape index (κ2) is 4.08. The number of nitrogens with one attached hydrogen (secondary N) is 2. The second-order valence-corrected chi connectivity index (χ2v) is 9.65. The van der Waals surface area contributed by atoms with Crippen molar-refractivity contribution in [1.82, 2.24) is 10.6 Å². The van der Waals surface area contributed by atoms with Crippen molar-refractivity contribution in [2.75, 3.05) is 0 Å². The smallest absolute Gasteiger partial charge is 0.325 e. The first-order chi connectivity index (χ1) is 9.05. The number of esters is 1. The lowest BCUT2D eigenvalue weighted by molar-refractivity contribution is -0.177. The van der Waals surface area contributed by atoms with Crippen molar-refractivity contribution in [1.29, 1.82) is 0 Å². The van der Waals surface area contributed by atoms with Gasteiger partial charge in [-0.1, -0.05) is 43.4 Å². The number of carbonyl (C=O) groups excluding carboxylic acids is 1. The number of rotatable bonds is 3. The third kappa shape index (κ3) is 1.87. The van der Waals surface area contributed by atoms with E-state index in [1.165, 1.54) is 0 Å². The molecule has 20 heavy (non-hydrogen) atoms. The minimum absolute atomic E-state index is 0.243. The van der Waals surface area contributed by atoms with E-state index in [1.807, 2.05) is 27.7 Å². The van der Waals surface area contributed by atoms with Gasteiger partial charge in [0.15, 0.2) is 3.42 Å². The molecule has 1 aliphatic carbocycles. The van der Waals surface area contributed by atoms with Crippen molar-refractivity contribution in [3.8, 4) is 0 Å². The van der Waals surface area contributed by atoms with Gasteiger partial charge in [0.05, 0.1) is 6.17 Å². The highest BCUT2D eigenvalue weighted by Gasteiger charge is 2.81. The Morgan fingerprint density at radius 1 is 1.35 bits per heavy atom. The molecule has 3 fully saturated rings. The fraction of sp³-hybridized carbons (Fsp3) is 0.929. The van der Waals surface area contributed by atoms with E-state index in [1.54, 1.807) is 0 Å². The highest BCUT2D eigenvalue weighted by molar-refractivity contribution is 14.1. The molecule has 114 valence electrons. The van der Waals surface area contributed by atoms with Gasteiger partial charge in [-0.3, -0.25) is 15.4 Å². The van der Waals surface area contributed by atoms with Crippen molar-refractivity contribution in [3.05, 3.63) is 0 Å². The molecule has 0 spiro atoms. The van der Waals surface area contributed by atoms with Gasteiger partial charge >= 0.3 is 5.97 Å². The van der Waals surface area contributed by atoms with Crippen LogP contribution < -0.4 is 10.6 Å². The van der Waals surface area contributed by atoms with E-state index in [2.05, 4.69) is 33.2 Å². The van der Waals surface area contributed by atoms with Gasteiger partial charge in [-0.25, -0.2) is 0 Å². The van der Waals surface area contributed by atoms with Gasteiger partial charge in [-0.2, -0.15) is 0 Å².